The summed E-state index contributed by atoms with van der Waals surface area (Å²) in [4.78, 5) is 26.2. The van der Waals surface area contributed by atoms with Crippen LogP contribution in [0.5, 0.6) is 0 Å². The Labute approximate surface area is 202 Å². The highest BCUT2D eigenvalue weighted by Gasteiger charge is 2.42. The maximum absolute atomic E-state index is 13.1. The second-order valence-corrected chi connectivity index (χ2v) is 36.9. The van der Waals surface area contributed by atoms with Crippen molar-refractivity contribution in [3.63, 3.8) is 0 Å². The molecule has 0 amide bonds. The quantitative estimate of drug-likeness (QED) is 0.182. The molecule has 0 aromatic heterocycles. The highest BCUT2D eigenvalue weighted by Crippen LogP contribution is 2.35. The molecule has 0 aromatic rings. The van der Waals surface area contributed by atoms with Gasteiger partial charge in [-0.2, -0.15) is 0 Å². The third-order valence-electron chi connectivity index (χ3n) is 7.00. The topological polar surface area (TPSA) is 52.6 Å². The summed E-state index contributed by atoms with van der Waals surface area (Å²) in [6.07, 6.45) is 5.15. The second kappa shape index (κ2) is 10.9. The van der Waals surface area contributed by atoms with E-state index in [1.165, 1.54) is 0 Å². The van der Waals surface area contributed by atoms with Crippen molar-refractivity contribution in [3.05, 3.63) is 12.2 Å². The summed E-state index contributed by atoms with van der Waals surface area (Å²) >= 11 is 0. The Morgan fingerprint density at radius 3 is 1.09 bits per heavy atom. The van der Waals surface area contributed by atoms with E-state index in [4.69, 9.17) is 9.47 Å². The number of carbonyl (C=O) groups excluding carboxylic acids is 2. The number of rotatable bonds is 10. The summed E-state index contributed by atoms with van der Waals surface area (Å²) in [7, 11) is -5.81. The molecule has 2 atom stereocenters. The van der Waals surface area contributed by atoms with Gasteiger partial charge in [-0.25, -0.2) is 0 Å². The van der Waals surface area contributed by atoms with Crippen LogP contribution >= 0.6 is 0 Å². The van der Waals surface area contributed by atoms with Gasteiger partial charge in [0.1, 0.15) is 0 Å². The van der Waals surface area contributed by atoms with E-state index < -0.39 is 44.1 Å². The first-order chi connectivity index (χ1) is 14.3. The first-order valence-corrected chi connectivity index (χ1v) is 26.6. The molecule has 8 heteroatoms. The number of hydrogen-bond donors (Lipinski definition) is 0. The lowest BCUT2D eigenvalue weighted by molar-refractivity contribution is -0.160. The van der Waals surface area contributed by atoms with E-state index in [1.807, 2.05) is 12.2 Å². The minimum absolute atomic E-state index is 0.218. The van der Waals surface area contributed by atoms with Gasteiger partial charge >= 0.3 is 11.9 Å². The first kappa shape index (κ1) is 29.6. The molecule has 4 nitrogen and oxygen atoms in total. The van der Waals surface area contributed by atoms with Crippen LogP contribution in [-0.4, -0.2) is 57.4 Å². The lowest BCUT2D eigenvalue weighted by atomic mass is 9.83. The van der Waals surface area contributed by atoms with Crippen LogP contribution in [0.3, 0.4) is 0 Å². The average molecular weight is 515 g/mol. The van der Waals surface area contributed by atoms with Crippen LogP contribution < -0.4 is 0 Å². The molecule has 0 spiro atoms. The van der Waals surface area contributed by atoms with Crippen molar-refractivity contribution >= 4 is 44.2 Å². The molecule has 0 saturated heterocycles. The summed E-state index contributed by atoms with van der Waals surface area (Å²) in [5, 5.41) is 0.996. The third kappa shape index (κ3) is 8.72. The zero-order chi connectivity index (χ0) is 25.1. The molecule has 0 bridgehead atoms. The van der Waals surface area contributed by atoms with Crippen molar-refractivity contribution in [1.82, 2.24) is 0 Å². The molecule has 1 aliphatic rings. The van der Waals surface area contributed by atoms with Crippen LogP contribution in [0.1, 0.15) is 12.8 Å². The fourth-order valence-electron chi connectivity index (χ4n) is 5.48. The van der Waals surface area contributed by atoms with Gasteiger partial charge in [0.05, 0.1) is 25.0 Å². The highest BCUT2D eigenvalue weighted by molar-refractivity contribution is 6.97. The maximum Gasteiger partial charge on any atom is 0.310 e. The Kier molecular flexibility index (Phi) is 10.0. The van der Waals surface area contributed by atoms with E-state index in [2.05, 4.69) is 78.6 Å². The second-order valence-electron chi connectivity index (χ2n) is 14.0. The normalized spacial score (nSPS) is 20.6. The van der Waals surface area contributed by atoms with Crippen molar-refractivity contribution in [1.29, 1.82) is 0 Å². The van der Waals surface area contributed by atoms with Gasteiger partial charge in [-0.3, -0.25) is 9.59 Å². The number of hydrogen-bond acceptors (Lipinski definition) is 4. The summed E-state index contributed by atoms with van der Waals surface area (Å²) in [6.45, 7) is 29.3. The van der Waals surface area contributed by atoms with Gasteiger partial charge in [-0.05, 0) is 23.2 Å². The molecule has 1 rings (SSSR count). The van der Waals surface area contributed by atoms with Crippen LogP contribution in [0, 0.1) is 11.8 Å². The molecule has 32 heavy (non-hydrogen) atoms. The van der Waals surface area contributed by atoms with Gasteiger partial charge in [-0.15, -0.1) is 0 Å². The van der Waals surface area contributed by atoms with E-state index in [0.717, 1.165) is 0 Å². The molecule has 1 aliphatic carbocycles. The zero-order valence-corrected chi connectivity index (χ0v) is 26.9. The van der Waals surface area contributed by atoms with Gasteiger partial charge < -0.3 is 9.47 Å². The molecule has 0 saturated carbocycles. The summed E-state index contributed by atoms with van der Waals surface area (Å²) in [6, 6.07) is 0. The number of ether oxygens (including phenoxy) is 2. The fraction of sp³-hybridized carbons (Fsp3) is 0.833. The van der Waals surface area contributed by atoms with Gasteiger partial charge in [0.2, 0.25) is 0 Å². The minimum Gasteiger partial charge on any atom is -0.466 e. The first-order valence-electron chi connectivity index (χ1n) is 12.2. The van der Waals surface area contributed by atoms with Crippen LogP contribution in [0.15, 0.2) is 12.2 Å². The number of esters is 2. The molecule has 0 aliphatic heterocycles. The molecular weight excluding hydrogens is 465 g/mol. The van der Waals surface area contributed by atoms with Crippen LogP contribution in [0.25, 0.3) is 0 Å². The van der Waals surface area contributed by atoms with E-state index in [1.54, 1.807) is 0 Å². The van der Waals surface area contributed by atoms with Gasteiger partial charge in [0.15, 0.2) is 0 Å². The third-order valence-corrected chi connectivity index (χ3v) is 26.4. The van der Waals surface area contributed by atoms with E-state index in [0.29, 0.717) is 36.4 Å². The Morgan fingerprint density at radius 1 is 0.625 bits per heavy atom. The Balaban J connectivity index is 2.88. The molecule has 0 fully saturated rings. The Hall–Kier alpha value is -0.452. The Bertz CT molecular complexity index is 592. The van der Waals surface area contributed by atoms with Crippen molar-refractivity contribution in [3.8, 4) is 0 Å². The monoisotopic (exact) mass is 514 g/mol. The van der Waals surface area contributed by atoms with Crippen molar-refractivity contribution < 1.29 is 19.1 Å². The average Bonchev–Trinajstić information content (AvgIpc) is 2.57. The summed E-state index contributed by atoms with van der Waals surface area (Å²) in [5.74, 6) is -1.28. The molecule has 0 heterocycles. The largest absolute Gasteiger partial charge is 0.466 e. The number of allylic oxidation sites excluding steroid dienone is 2. The van der Waals surface area contributed by atoms with Crippen molar-refractivity contribution in [2.75, 3.05) is 13.2 Å². The van der Waals surface area contributed by atoms with Gasteiger partial charge in [-0.1, -0.05) is 90.7 Å². The molecule has 0 N–H and O–H groups in total. The molecule has 0 radical (unpaired) electrons. The Morgan fingerprint density at radius 2 is 0.875 bits per heavy atom. The smallest absolute Gasteiger partial charge is 0.310 e. The van der Waals surface area contributed by atoms with E-state index >= 15 is 0 Å². The van der Waals surface area contributed by atoms with Crippen LogP contribution in [0.2, 0.25) is 88.9 Å². The van der Waals surface area contributed by atoms with E-state index in [-0.39, 0.29) is 11.9 Å². The van der Waals surface area contributed by atoms with Crippen LogP contribution in [-0.2, 0) is 19.1 Å². The number of carbonyl (C=O) groups is 2. The lowest BCUT2D eigenvalue weighted by Crippen LogP contribution is -2.47. The fourth-order valence-corrected chi connectivity index (χ4v) is 28.6. The molecular formula is C24H50O4Si4. The van der Waals surface area contributed by atoms with Gasteiger partial charge in [0, 0.05) is 32.3 Å². The SMILES string of the molecule is C[Si](C)(C)C(COC(=O)[C@H]1CC=CC[C@@H]1C(=O)OCC([Si](C)(C)C)[Si](C)(C)C)[Si](C)(C)C. The zero-order valence-electron chi connectivity index (χ0n) is 22.9. The summed E-state index contributed by atoms with van der Waals surface area (Å²) < 4.78 is 11.8. The van der Waals surface area contributed by atoms with Gasteiger partial charge in [0.25, 0.3) is 0 Å². The molecule has 186 valence electrons. The van der Waals surface area contributed by atoms with Crippen molar-refractivity contribution in [2.45, 2.75) is 102 Å². The van der Waals surface area contributed by atoms with E-state index in [9.17, 15) is 9.59 Å². The molecule has 0 aromatic carbocycles. The highest BCUT2D eigenvalue weighted by atomic mass is 28.4. The van der Waals surface area contributed by atoms with Crippen LogP contribution in [0.4, 0.5) is 0 Å². The molecule has 0 unspecified atom stereocenters. The minimum atomic E-state index is -1.45. The summed E-state index contributed by atoms with van der Waals surface area (Å²) in [5.41, 5.74) is 0. The predicted molar refractivity (Wildman–Crippen MR) is 148 cm³/mol. The standard InChI is InChI=1S/C24H50O4Si4/c1-29(2,3)21(30(4,5)6)17-27-23(25)19-15-13-14-16-20(19)24(26)28-18-22(31(7,8)9)32(10,11)12/h13-14,19-22H,15-18H2,1-12H3/t19-,20-/m0/s1. The maximum atomic E-state index is 13.1. The lowest BCUT2D eigenvalue weighted by Gasteiger charge is -2.39. The van der Waals surface area contributed by atoms with Crippen molar-refractivity contribution in [2.24, 2.45) is 11.8 Å². The predicted octanol–water partition coefficient (Wildman–Crippen LogP) is 6.83.